The molecule has 0 saturated carbocycles. The van der Waals surface area contributed by atoms with Gasteiger partial charge in [0.25, 0.3) is 0 Å². The molecule has 1 rings (SSSR count). The Morgan fingerprint density at radius 2 is 1.75 bits per heavy atom. The Morgan fingerprint density at radius 3 is 2.19 bits per heavy atom. The Labute approximate surface area is 105 Å². The first kappa shape index (κ1) is 14.3. The van der Waals surface area contributed by atoms with Gasteiger partial charge in [0.2, 0.25) is 0 Å². The highest BCUT2D eigenvalue weighted by Gasteiger charge is 2.25. The van der Waals surface area contributed by atoms with Crippen molar-refractivity contribution in [3.8, 4) is 0 Å². The Bertz CT molecular complexity index is 204. The van der Waals surface area contributed by atoms with Crippen molar-refractivity contribution in [3.63, 3.8) is 0 Å². The Kier molecular flexibility index (Phi) is 5.14. The van der Waals surface area contributed by atoms with Gasteiger partial charge in [-0.2, -0.15) is 11.8 Å². The van der Waals surface area contributed by atoms with Gasteiger partial charge >= 0.3 is 0 Å². The summed E-state index contributed by atoms with van der Waals surface area (Å²) in [6, 6.07) is 0. The van der Waals surface area contributed by atoms with Crippen LogP contribution in [0.5, 0.6) is 0 Å². The Balaban J connectivity index is 2.32. The molecule has 1 fully saturated rings. The number of nitrogens with zero attached hydrogens (tertiary/aromatic N) is 1. The lowest BCUT2D eigenvalue weighted by atomic mass is 9.87. The first-order valence-electron chi connectivity index (χ1n) is 6.35. The molecule has 0 radical (unpaired) electrons. The Morgan fingerprint density at radius 1 is 1.25 bits per heavy atom. The van der Waals surface area contributed by atoms with Crippen LogP contribution in [0.25, 0.3) is 0 Å². The van der Waals surface area contributed by atoms with Gasteiger partial charge in [-0.25, -0.2) is 0 Å². The molecular formula is C13H27NOS. The van der Waals surface area contributed by atoms with Crippen molar-refractivity contribution < 1.29 is 5.11 Å². The molecule has 96 valence electrons. The van der Waals surface area contributed by atoms with Crippen molar-refractivity contribution in [1.29, 1.82) is 0 Å². The molecule has 1 saturated heterocycles. The normalized spacial score (nSPS) is 30.4. The van der Waals surface area contributed by atoms with E-state index in [2.05, 4.69) is 51.3 Å². The summed E-state index contributed by atoms with van der Waals surface area (Å²) < 4.78 is 0. The molecule has 0 spiro atoms. The van der Waals surface area contributed by atoms with Crippen LogP contribution in [0.4, 0.5) is 0 Å². The van der Waals surface area contributed by atoms with Gasteiger partial charge < -0.3 is 10.0 Å². The molecule has 16 heavy (non-hydrogen) atoms. The van der Waals surface area contributed by atoms with E-state index in [9.17, 15) is 5.11 Å². The lowest BCUT2D eigenvalue weighted by Gasteiger charge is -2.36. The summed E-state index contributed by atoms with van der Waals surface area (Å²) in [5.41, 5.74) is 0.0156. The quantitative estimate of drug-likeness (QED) is 0.827. The highest BCUT2D eigenvalue weighted by molar-refractivity contribution is 8.00. The predicted molar refractivity (Wildman–Crippen MR) is 73.0 cm³/mol. The van der Waals surface area contributed by atoms with Crippen LogP contribution in [0.15, 0.2) is 0 Å². The minimum absolute atomic E-state index is 0.0156. The van der Waals surface area contributed by atoms with Gasteiger partial charge in [0.05, 0.1) is 6.10 Å². The zero-order chi connectivity index (χ0) is 12.3. The number of hydrogen-bond acceptors (Lipinski definition) is 3. The van der Waals surface area contributed by atoms with Gasteiger partial charge in [-0.05, 0) is 11.8 Å². The van der Waals surface area contributed by atoms with E-state index in [0.717, 1.165) is 23.5 Å². The standard InChI is InChI=1S/C13H27NOS/c1-10-8-14(9-11(2)16-10)7-6-12(15)13(3,4)5/h10-12,15H,6-9H2,1-5H3. The number of hydrogen-bond donors (Lipinski definition) is 1. The average molecular weight is 245 g/mol. The van der Waals surface area contributed by atoms with E-state index in [4.69, 9.17) is 0 Å². The largest absolute Gasteiger partial charge is 0.393 e. The minimum Gasteiger partial charge on any atom is -0.393 e. The van der Waals surface area contributed by atoms with Crippen molar-refractivity contribution in [1.82, 2.24) is 4.90 Å². The fourth-order valence-electron chi connectivity index (χ4n) is 2.20. The lowest BCUT2D eigenvalue weighted by molar-refractivity contribution is 0.0454. The lowest BCUT2D eigenvalue weighted by Crippen LogP contribution is -2.42. The molecule has 0 amide bonds. The molecule has 0 aromatic heterocycles. The van der Waals surface area contributed by atoms with Gasteiger partial charge in [-0.3, -0.25) is 0 Å². The van der Waals surface area contributed by atoms with Crippen LogP contribution < -0.4 is 0 Å². The predicted octanol–water partition coefficient (Wildman–Crippen LogP) is 2.61. The van der Waals surface area contributed by atoms with Crippen molar-refractivity contribution in [2.45, 2.75) is 57.6 Å². The summed E-state index contributed by atoms with van der Waals surface area (Å²) in [5.74, 6) is 0. The molecule has 0 aliphatic carbocycles. The third-order valence-corrected chi connectivity index (χ3v) is 4.44. The molecule has 1 heterocycles. The SMILES string of the molecule is CC1CN(CCC(O)C(C)(C)C)CC(C)S1. The third kappa shape index (κ3) is 4.64. The van der Waals surface area contributed by atoms with Gasteiger partial charge in [0.1, 0.15) is 0 Å². The summed E-state index contributed by atoms with van der Waals surface area (Å²) in [6.07, 6.45) is 0.709. The van der Waals surface area contributed by atoms with Crippen LogP contribution in [0, 0.1) is 5.41 Å². The first-order chi connectivity index (χ1) is 7.29. The molecule has 0 aromatic rings. The highest BCUT2D eigenvalue weighted by atomic mass is 32.2. The van der Waals surface area contributed by atoms with Crippen molar-refractivity contribution in [2.24, 2.45) is 5.41 Å². The van der Waals surface area contributed by atoms with Crippen LogP contribution >= 0.6 is 11.8 Å². The van der Waals surface area contributed by atoms with Gasteiger partial charge in [-0.1, -0.05) is 34.6 Å². The van der Waals surface area contributed by atoms with Crippen LogP contribution in [0.2, 0.25) is 0 Å². The number of thioether (sulfide) groups is 1. The van der Waals surface area contributed by atoms with Crippen LogP contribution in [0.3, 0.4) is 0 Å². The summed E-state index contributed by atoms with van der Waals surface area (Å²) in [7, 11) is 0. The van der Waals surface area contributed by atoms with E-state index in [1.54, 1.807) is 0 Å². The van der Waals surface area contributed by atoms with Crippen LogP contribution in [-0.4, -0.2) is 46.2 Å². The van der Waals surface area contributed by atoms with E-state index >= 15 is 0 Å². The fraction of sp³-hybridized carbons (Fsp3) is 1.00. The van der Waals surface area contributed by atoms with Crippen molar-refractivity contribution >= 4 is 11.8 Å². The summed E-state index contributed by atoms with van der Waals surface area (Å²) in [5, 5.41) is 11.5. The van der Waals surface area contributed by atoms with E-state index in [0.29, 0.717) is 0 Å². The third-order valence-electron chi connectivity index (χ3n) is 3.21. The fourth-order valence-corrected chi connectivity index (χ4v) is 3.59. The van der Waals surface area contributed by atoms with Crippen molar-refractivity contribution in [3.05, 3.63) is 0 Å². The van der Waals surface area contributed by atoms with E-state index in [1.165, 1.54) is 13.1 Å². The molecule has 3 heteroatoms. The second-order valence-corrected chi connectivity index (χ2v) is 8.07. The maximum absolute atomic E-state index is 10.0. The molecule has 3 atom stereocenters. The maximum atomic E-state index is 10.0. The molecule has 0 aromatic carbocycles. The molecule has 3 unspecified atom stereocenters. The van der Waals surface area contributed by atoms with E-state index < -0.39 is 0 Å². The maximum Gasteiger partial charge on any atom is 0.0600 e. The Hall–Kier alpha value is 0.270. The van der Waals surface area contributed by atoms with Gasteiger partial charge in [0.15, 0.2) is 0 Å². The number of aliphatic hydroxyl groups excluding tert-OH is 1. The number of aliphatic hydroxyl groups is 1. The molecule has 1 aliphatic rings. The summed E-state index contributed by atoms with van der Waals surface area (Å²) in [6.45, 7) is 14.3. The van der Waals surface area contributed by atoms with Crippen molar-refractivity contribution in [2.75, 3.05) is 19.6 Å². The molecule has 1 N–H and O–H groups in total. The minimum atomic E-state index is -0.187. The topological polar surface area (TPSA) is 23.5 Å². The first-order valence-corrected chi connectivity index (χ1v) is 7.29. The van der Waals surface area contributed by atoms with Crippen LogP contribution in [-0.2, 0) is 0 Å². The number of rotatable bonds is 3. The van der Waals surface area contributed by atoms with Gasteiger partial charge in [0, 0.05) is 30.1 Å². The van der Waals surface area contributed by atoms with Gasteiger partial charge in [-0.15, -0.1) is 0 Å². The second-order valence-electron chi connectivity index (χ2n) is 6.19. The second kappa shape index (κ2) is 5.74. The summed E-state index contributed by atoms with van der Waals surface area (Å²) >= 11 is 2.08. The van der Waals surface area contributed by atoms with E-state index in [-0.39, 0.29) is 11.5 Å². The summed E-state index contributed by atoms with van der Waals surface area (Å²) in [4.78, 5) is 2.50. The van der Waals surface area contributed by atoms with Crippen LogP contribution in [0.1, 0.15) is 41.0 Å². The average Bonchev–Trinajstić information content (AvgIpc) is 2.11. The molecule has 1 aliphatic heterocycles. The molecule has 0 bridgehead atoms. The smallest absolute Gasteiger partial charge is 0.0600 e. The monoisotopic (exact) mass is 245 g/mol. The molecule has 2 nitrogen and oxygen atoms in total. The molecular weight excluding hydrogens is 218 g/mol. The zero-order valence-corrected chi connectivity index (χ0v) is 12.2. The van der Waals surface area contributed by atoms with E-state index in [1.807, 2.05) is 0 Å². The highest BCUT2D eigenvalue weighted by Crippen LogP contribution is 2.26. The zero-order valence-electron chi connectivity index (χ0n) is 11.4.